The molecule has 1 unspecified atom stereocenters. The number of hydrogen-bond donors (Lipinski definition) is 1. The van der Waals surface area contributed by atoms with E-state index >= 15 is 0 Å². The van der Waals surface area contributed by atoms with E-state index in [2.05, 4.69) is 23.3 Å². The van der Waals surface area contributed by atoms with E-state index in [4.69, 9.17) is 4.74 Å². The van der Waals surface area contributed by atoms with Crippen LogP contribution in [0.25, 0.3) is 0 Å². The Kier molecular flexibility index (Phi) is 5.21. The van der Waals surface area contributed by atoms with E-state index in [1.54, 1.807) is 0 Å². The molecule has 1 saturated heterocycles. The molecule has 1 atom stereocenters. The van der Waals surface area contributed by atoms with Crippen LogP contribution in [0.2, 0.25) is 0 Å². The lowest BCUT2D eigenvalue weighted by molar-refractivity contribution is -0.128. The molecule has 1 aliphatic carbocycles. The SMILES string of the molecule is CC(Oc1cccc2c1CCCC2)C(=O)NC1CCN(C)CC1. The number of fused-ring (bicyclic) bond motifs is 1. The Morgan fingerprint density at radius 2 is 2.00 bits per heavy atom. The minimum Gasteiger partial charge on any atom is -0.481 e. The number of aryl methyl sites for hydroxylation is 1. The van der Waals surface area contributed by atoms with Gasteiger partial charge in [0.05, 0.1) is 0 Å². The molecule has 0 radical (unpaired) electrons. The van der Waals surface area contributed by atoms with Crippen LogP contribution in [0.15, 0.2) is 18.2 Å². The predicted molar refractivity (Wildman–Crippen MR) is 91.8 cm³/mol. The Morgan fingerprint density at radius 3 is 2.78 bits per heavy atom. The molecule has 4 nitrogen and oxygen atoms in total. The predicted octanol–water partition coefficient (Wildman–Crippen LogP) is 2.54. The highest BCUT2D eigenvalue weighted by Crippen LogP contribution is 2.30. The Bertz CT molecular complexity index is 550. The summed E-state index contributed by atoms with van der Waals surface area (Å²) < 4.78 is 6.01. The molecule has 23 heavy (non-hydrogen) atoms. The number of rotatable bonds is 4. The highest BCUT2D eigenvalue weighted by Gasteiger charge is 2.23. The Morgan fingerprint density at radius 1 is 1.26 bits per heavy atom. The van der Waals surface area contributed by atoms with Gasteiger partial charge < -0.3 is 15.0 Å². The topological polar surface area (TPSA) is 41.6 Å². The maximum atomic E-state index is 12.4. The van der Waals surface area contributed by atoms with Crippen LogP contribution in [0.5, 0.6) is 5.75 Å². The van der Waals surface area contributed by atoms with Crippen molar-refractivity contribution in [2.75, 3.05) is 20.1 Å². The van der Waals surface area contributed by atoms with Crippen LogP contribution in [0, 0.1) is 0 Å². The van der Waals surface area contributed by atoms with Crippen molar-refractivity contribution >= 4 is 5.91 Å². The number of ether oxygens (including phenoxy) is 1. The molecule has 1 amide bonds. The van der Waals surface area contributed by atoms with Gasteiger partial charge in [-0.1, -0.05) is 12.1 Å². The minimum atomic E-state index is -0.442. The Hall–Kier alpha value is -1.55. The van der Waals surface area contributed by atoms with Crippen molar-refractivity contribution < 1.29 is 9.53 Å². The number of hydrogen-bond acceptors (Lipinski definition) is 3. The van der Waals surface area contributed by atoms with E-state index in [1.807, 2.05) is 19.1 Å². The average molecular weight is 316 g/mol. The Balaban J connectivity index is 1.58. The molecule has 3 rings (SSSR count). The molecule has 0 saturated carbocycles. The molecule has 126 valence electrons. The molecule has 1 fully saturated rings. The summed E-state index contributed by atoms with van der Waals surface area (Å²) in [5.41, 5.74) is 2.69. The first-order valence-corrected chi connectivity index (χ1v) is 8.90. The lowest BCUT2D eigenvalue weighted by atomic mass is 9.91. The van der Waals surface area contributed by atoms with Gasteiger partial charge in [-0.05, 0) is 82.8 Å². The van der Waals surface area contributed by atoms with Crippen molar-refractivity contribution in [2.24, 2.45) is 0 Å². The second-order valence-corrected chi connectivity index (χ2v) is 6.95. The van der Waals surface area contributed by atoms with Gasteiger partial charge in [-0.15, -0.1) is 0 Å². The second kappa shape index (κ2) is 7.35. The summed E-state index contributed by atoms with van der Waals surface area (Å²) in [4.78, 5) is 14.7. The molecular weight excluding hydrogens is 288 g/mol. The lowest BCUT2D eigenvalue weighted by Crippen LogP contribution is -2.47. The summed E-state index contributed by atoms with van der Waals surface area (Å²) in [5.74, 6) is 0.904. The van der Waals surface area contributed by atoms with Crippen molar-refractivity contribution in [1.29, 1.82) is 0 Å². The van der Waals surface area contributed by atoms with E-state index in [9.17, 15) is 4.79 Å². The van der Waals surface area contributed by atoms with Crippen LogP contribution in [0.1, 0.15) is 43.7 Å². The molecule has 1 N–H and O–H groups in total. The Labute approximate surface area is 139 Å². The van der Waals surface area contributed by atoms with Gasteiger partial charge in [0.2, 0.25) is 0 Å². The first-order chi connectivity index (χ1) is 11.1. The average Bonchev–Trinajstić information content (AvgIpc) is 2.57. The molecule has 1 aliphatic heterocycles. The fraction of sp³-hybridized carbons (Fsp3) is 0.632. The first kappa shape index (κ1) is 16.3. The van der Waals surface area contributed by atoms with Gasteiger partial charge >= 0.3 is 0 Å². The number of nitrogens with one attached hydrogen (secondary N) is 1. The van der Waals surface area contributed by atoms with Crippen molar-refractivity contribution in [1.82, 2.24) is 10.2 Å². The molecule has 0 spiro atoms. The van der Waals surface area contributed by atoms with Crippen molar-refractivity contribution in [3.63, 3.8) is 0 Å². The zero-order chi connectivity index (χ0) is 16.2. The molecule has 4 heteroatoms. The van der Waals surface area contributed by atoms with Gasteiger partial charge in [-0.3, -0.25) is 4.79 Å². The van der Waals surface area contributed by atoms with Gasteiger partial charge in [0.15, 0.2) is 6.10 Å². The molecule has 1 heterocycles. The summed E-state index contributed by atoms with van der Waals surface area (Å²) >= 11 is 0. The van der Waals surface area contributed by atoms with Crippen LogP contribution < -0.4 is 10.1 Å². The molecule has 2 aliphatic rings. The minimum absolute atomic E-state index is 0.00738. The van der Waals surface area contributed by atoms with Crippen LogP contribution in [-0.2, 0) is 17.6 Å². The van der Waals surface area contributed by atoms with Crippen molar-refractivity contribution in [2.45, 2.75) is 57.6 Å². The van der Waals surface area contributed by atoms with Crippen molar-refractivity contribution in [3.8, 4) is 5.75 Å². The number of piperidine rings is 1. The molecule has 1 aromatic carbocycles. The fourth-order valence-electron chi connectivity index (χ4n) is 3.57. The molecule has 0 aromatic heterocycles. The van der Waals surface area contributed by atoms with Crippen LogP contribution in [0.4, 0.5) is 0 Å². The van der Waals surface area contributed by atoms with E-state index in [0.29, 0.717) is 0 Å². The lowest BCUT2D eigenvalue weighted by Gasteiger charge is -2.30. The maximum absolute atomic E-state index is 12.4. The van der Waals surface area contributed by atoms with E-state index in [0.717, 1.165) is 44.5 Å². The molecule has 0 bridgehead atoms. The smallest absolute Gasteiger partial charge is 0.260 e. The number of carbonyl (C=O) groups excluding carboxylic acids is 1. The number of nitrogens with zero attached hydrogens (tertiary/aromatic N) is 1. The van der Waals surface area contributed by atoms with Gasteiger partial charge in [0.1, 0.15) is 5.75 Å². The third-order valence-electron chi connectivity index (χ3n) is 5.09. The second-order valence-electron chi connectivity index (χ2n) is 6.95. The van der Waals surface area contributed by atoms with E-state index in [1.165, 1.54) is 24.0 Å². The summed E-state index contributed by atoms with van der Waals surface area (Å²) in [5, 5.41) is 3.15. The largest absolute Gasteiger partial charge is 0.481 e. The summed E-state index contributed by atoms with van der Waals surface area (Å²) in [6.07, 6.45) is 6.26. The standard InChI is InChI=1S/C19H28N2O2/c1-14(19(22)20-16-10-12-21(2)13-11-16)23-18-9-5-7-15-6-3-4-8-17(15)18/h5,7,9,14,16H,3-4,6,8,10-13H2,1-2H3,(H,20,22). The van der Waals surface area contributed by atoms with Gasteiger partial charge in [0, 0.05) is 6.04 Å². The van der Waals surface area contributed by atoms with Crippen LogP contribution >= 0.6 is 0 Å². The summed E-state index contributed by atoms with van der Waals surface area (Å²) in [6.45, 7) is 3.95. The monoisotopic (exact) mass is 316 g/mol. The summed E-state index contributed by atoms with van der Waals surface area (Å²) in [7, 11) is 2.13. The van der Waals surface area contributed by atoms with Crippen LogP contribution in [-0.4, -0.2) is 43.1 Å². The zero-order valence-electron chi connectivity index (χ0n) is 14.3. The number of carbonyl (C=O) groups is 1. The highest BCUT2D eigenvalue weighted by atomic mass is 16.5. The van der Waals surface area contributed by atoms with Crippen LogP contribution in [0.3, 0.4) is 0 Å². The highest BCUT2D eigenvalue weighted by molar-refractivity contribution is 5.81. The fourth-order valence-corrected chi connectivity index (χ4v) is 3.57. The summed E-state index contributed by atoms with van der Waals surface area (Å²) in [6, 6.07) is 6.52. The van der Waals surface area contributed by atoms with Gasteiger partial charge in [-0.25, -0.2) is 0 Å². The van der Waals surface area contributed by atoms with Gasteiger partial charge in [0.25, 0.3) is 5.91 Å². The normalized spacial score (nSPS) is 20.6. The number of benzene rings is 1. The zero-order valence-corrected chi connectivity index (χ0v) is 14.3. The first-order valence-electron chi connectivity index (χ1n) is 8.90. The third kappa shape index (κ3) is 4.05. The van der Waals surface area contributed by atoms with Crippen molar-refractivity contribution in [3.05, 3.63) is 29.3 Å². The quantitative estimate of drug-likeness (QED) is 0.928. The number of amides is 1. The molecular formula is C19H28N2O2. The number of likely N-dealkylation sites (tertiary alicyclic amines) is 1. The van der Waals surface area contributed by atoms with Gasteiger partial charge in [-0.2, -0.15) is 0 Å². The maximum Gasteiger partial charge on any atom is 0.260 e. The van der Waals surface area contributed by atoms with E-state index in [-0.39, 0.29) is 11.9 Å². The molecule has 1 aromatic rings. The van der Waals surface area contributed by atoms with E-state index < -0.39 is 6.10 Å². The third-order valence-corrected chi connectivity index (χ3v) is 5.09.